The second-order valence-corrected chi connectivity index (χ2v) is 8.08. The Bertz CT molecular complexity index is 831. The molecule has 1 aromatic carbocycles. The molecule has 1 amide bonds. The summed E-state index contributed by atoms with van der Waals surface area (Å²) in [6.07, 6.45) is 1.70. The van der Waals surface area contributed by atoms with E-state index in [2.05, 4.69) is 42.1 Å². The monoisotopic (exact) mass is 449 g/mol. The quantitative estimate of drug-likeness (QED) is 0.702. The Kier molecular flexibility index (Phi) is 5.10. The average molecular weight is 451 g/mol. The van der Waals surface area contributed by atoms with Crippen molar-refractivity contribution in [3.05, 3.63) is 50.7 Å². The van der Waals surface area contributed by atoms with Gasteiger partial charge in [-0.15, -0.1) is 4.83 Å². The molecule has 0 radical (unpaired) electrons. The first kappa shape index (κ1) is 17.2. The van der Waals surface area contributed by atoms with Gasteiger partial charge in [-0.1, -0.05) is 15.9 Å². The summed E-state index contributed by atoms with van der Waals surface area (Å²) < 4.78 is 27.4. The number of nitrogens with zero attached hydrogens (tertiary/aromatic N) is 1. The Hall–Kier alpha value is -1.16. The van der Waals surface area contributed by atoms with Gasteiger partial charge in [0.05, 0.1) is 4.90 Å². The van der Waals surface area contributed by atoms with Crippen LogP contribution in [0.2, 0.25) is 0 Å². The van der Waals surface area contributed by atoms with Gasteiger partial charge in [0.1, 0.15) is 5.69 Å². The zero-order chi connectivity index (χ0) is 16.5. The number of nitrogens with one attached hydrogen (secondary N) is 2. The van der Waals surface area contributed by atoms with Crippen LogP contribution in [0.15, 0.2) is 44.3 Å². The largest absolute Gasteiger partial charge is 0.345 e. The number of hydrogen-bond acceptors (Lipinski definition) is 3. The lowest BCUT2D eigenvalue weighted by molar-refractivity contribution is 0.0937. The summed E-state index contributed by atoms with van der Waals surface area (Å²) in [5.74, 6) is -0.550. The van der Waals surface area contributed by atoms with Crippen molar-refractivity contribution in [2.45, 2.75) is 11.8 Å². The van der Waals surface area contributed by atoms with Crippen LogP contribution in [-0.4, -0.2) is 18.9 Å². The Morgan fingerprint density at radius 3 is 2.45 bits per heavy atom. The fourth-order valence-corrected chi connectivity index (χ4v) is 3.47. The second-order valence-electron chi connectivity index (χ2n) is 4.63. The van der Waals surface area contributed by atoms with Crippen molar-refractivity contribution in [3.8, 4) is 0 Å². The minimum Gasteiger partial charge on any atom is -0.345 e. The molecule has 9 heteroatoms. The van der Waals surface area contributed by atoms with E-state index in [4.69, 9.17) is 0 Å². The highest BCUT2D eigenvalue weighted by Crippen LogP contribution is 2.19. The summed E-state index contributed by atoms with van der Waals surface area (Å²) in [5.41, 5.74) is 3.29. The topological polar surface area (TPSA) is 80.2 Å². The van der Waals surface area contributed by atoms with Crippen LogP contribution in [0.1, 0.15) is 16.1 Å². The molecular formula is C13H13Br2N3O3S. The van der Waals surface area contributed by atoms with Crippen LogP contribution in [0.5, 0.6) is 0 Å². The number of aromatic nitrogens is 1. The number of hydrazine groups is 1. The number of carbonyl (C=O) groups excluding carboxylic acids is 1. The van der Waals surface area contributed by atoms with Crippen LogP contribution in [0.3, 0.4) is 0 Å². The molecule has 2 aromatic rings. The summed E-state index contributed by atoms with van der Waals surface area (Å²) in [4.78, 5) is 14.1. The molecule has 0 aliphatic carbocycles. The van der Waals surface area contributed by atoms with E-state index in [1.54, 1.807) is 36.9 Å². The van der Waals surface area contributed by atoms with Crippen molar-refractivity contribution in [1.29, 1.82) is 0 Å². The van der Waals surface area contributed by atoms with Crippen LogP contribution < -0.4 is 10.3 Å². The van der Waals surface area contributed by atoms with E-state index in [-0.39, 0.29) is 4.90 Å². The van der Waals surface area contributed by atoms with Crippen LogP contribution >= 0.6 is 31.9 Å². The predicted molar refractivity (Wildman–Crippen MR) is 89.8 cm³/mol. The van der Waals surface area contributed by atoms with Crippen molar-refractivity contribution in [3.63, 3.8) is 0 Å². The number of aryl methyl sites for hydroxylation is 2. The number of rotatable bonds is 4. The molecule has 118 valence electrons. The van der Waals surface area contributed by atoms with E-state index in [0.717, 1.165) is 14.5 Å². The smallest absolute Gasteiger partial charge is 0.282 e. The number of hydrogen-bond donors (Lipinski definition) is 2. The second kappa shape index (κ2) is 6.53. The van der Waals surface area contributed by atoms with Crippen LogP contribution in [0.4, 0.5) is 0 Å². The van der Waals surface area contributed by atoms with E-state index in [0.29, 0.717) is 5.69 Å². The van der Waals surface area contributed by atoms with E-state index in [9.17, 15) is 13.2 Å². The number of halogens is 2. The SMILES string of the molecule is Cc1cc(S(=O)(=O)NNC(=O)c2cc(Br)cn2C)ccc1Br. The number of benzene rings is 1. The molecule has 0 unspecified atom stereocenters. The first-order chi connectivity index (χ1) is 10.2. The number of carbonyl (C=O) groups is 1. The molecule has 0 aliphatic rings. The maximum absolute atomic E-state index is 12.2. The molecule has 6 nitrogen and oxygen atoms in total. The van der Waals surface area contributed by atoms with Crippen molar-refractivity contribution < 1.29 is 13.2 Å². The fraction of sp³-hybridized carbons (Fsp3) is 0.154. The van der Waals surface area contributed by atoms with Crippen molar-refractivity contribution in [2.75, 3.05) is 0 Å². The minimum absolute atomic E-state index is 0.0709. The molecule has 0 fully saturated rings. The Morgan fingerprint density at radius 2 is 1.91 bits per heavy atom. The minimum atomic E-state index is -3.83. The molecule has 0 atom stereocenters. The predicted octanol–water partition coefficient (Wildman–Crippen LogP) is 2.48. The van der Waals surface area contributed by atoms with Gasteiger partial charge in [-0.25, -0.2) is 8.42 Å². The molecule has 2 N–H and O–H groups in total. The van der Waals surface area contributed by atoms with Gasteiger partial charge in [0.25, 0.3) is 15.9 Å². The molecule has 22 heavy (non-hydrogen) atoms. The van der Waals surface area contributed by atoms with Crippen LogP contribution in [0.25, 0.3) is 0 Å². The fourth-order valence-electron chi connectivity index (χ4n) is 1.77. The maximum Gasteiger partial charge on any atom is 0.282 e. The summed E-state index contributed by atoms with van der Waals surface area (Å²) in [7, 11) is -2.15. The zero-order valence-corrected chi connectivity index (χ0v) is 15.7. The molecular weight excluding hydrogens is 438 g/mol. The molecule has 1 heterocycles. The summed E-state index contributed by atoms with van der Waals surface area (Å²) in [5, 5.41) is 0. The van der Waals surface area contributed by atoms with E-state index in [1.165, 1.54) is 12.1 Å². The lowest BCUT2D eigenvalue weighted by Crippen LogP contribution is -2.42. The van der Waals surface area contributed by atoms with Crippen molar-refractivity contribution in [2.24, 2.45) is 7.05 Å². The van der Waals surface area contributed by atoms with Gasteiger partial charge in [-0.3, -0.25) is 10.2 Å². The highest BCUT2D eigenvalue weighted by Gasteiger charge is 2.18. The molecule has 0 spiro atoms. The standard InChI is InChI=1S/C13H13Br2N3O3S/c1-8-5-10(3-4-11(8)15)22(20,21)17-16-13(19)12-6-9(14)7-18(12)2/h3-7,17H,1-2H3,(H,16,19). The van der Waals surface area contributed by atoms with E-state index >= 15 is 0 Å². The first-order valence-electron chi connectivity index (χ1n) is 6.11. The lowest BCUT2D eigenvalue weighted by Gasteiger charge is -2.10. The van der Waals surface area contributed by atoms with Crippen molar-refractivity contribution in [1.82, 2.24) is 14.8 Å². The van der Waals surface area contributed by atoms with Crippen LogP contribution in [0, 0.1) is 6.92 Å². The molecule has 2 rings (SSSR count). The van der Waals surface area contributed by atoms with Crippen molar-refractivity contribution >= 4 is 47.8 Å². The van der Waals surface area contributed by atoms with Gasteiger partial charge in [-0.2, -0.15) is 0 Å². The van der Waals surface area contributed by atoms with Gasteiger partial charge >= 0.3 is 0 Å². The van der Waals surface area contributed by atoms with Gasteiger partial charge < -0.3 is 4.57 Å². The highest BCUT2D eigenvalue weighted by molar-refractivity contribution is 9.10. The Labute approximate surface area is 145 Å². The number of sulfonamides is 1. The third-order valence-corrected chi connectivity index (χ3v) is 5.51. The van der Waals surface area contributed by atoms with Crippen LogP contribution in [-0.2, 0) is 17.1 Å². The van der Waals surface area contributed by atoms with E-state index in [1.807, 2.05) is 0 Å². The van der Waals surface area contributed by atoms with Gasteiger partial charge in [0, 0.05) is 22.2 Å². The highest BCUT2D eigenvalue weighted by atomic mass is 79.9. The maximum atomic E-state index is 12.2. The third kappa shape index (κ3) is 3.78. The zero-order valence-electron chi connectivity index (χ0n) is 11.7. The summed E-state index contributed by atoms with van der Waals surface area (Å²) >= 11 is 6.56. The summed E-state index contributed by atoms with van der Waals surface area (Å²) in [6, 6.07) is 6.19. The normalized spacial score (nSPS) is 11.5. The van der Waals surface area contributed by atoms with E-state index < -0.39 is 15.9 Å². The average Bonchev–Trinajstić information content (AvgIpc) is 2.78. The molecule has 0 bridgehead atoms. The third-order valence-electron chi connectivity index (χ3n) is 2.94. The van der Waals surface area contributed by atoms with Gasteiger partial charge in [0.2, 0.25) is 0 Å². The molecule has 1 aromatic heterocycles. The Balaban J connectivity index is 2.14. The molecule has 0 saturated heterocycles. The van der Waals surface area contributed by atoms with Gasteiger partial charge in [-0.05, 0) is 52.7 Å². The number of amides is 1. The molecule has 0 saturated carbocycles. The first-order valence-corrected chi connectivity index (χ1v) is 9.18. The Morgan fingerprint density at radius 1 is 1.23 bits per heavy atom. The summed E-state index contributed by atoms with van der Waals surface area (Å²) in [6.45, 7) is 1.78. The molecule has 0 aliphatic heterocycles. The van der Waals surface area contributed by atoms with Gasteiger partial charge in [0.15, 0.2) is 0 Å². The lowest BCUT2D eigenvalue weighted by atomic mass is 10.2.